The van der Waals surface area contributed by atoms with Gasteiger partial charge in [0, 0.05) is 23.8 Å². The summed E-state index contributed by atoms with van der Waals surface area (Å²) < 4.78 is 0. The highest BCUT2D eigenvalue weighted by Crippen LogP contribution is 2.60. The molecule has 2 fully saturated rings. The maximum absolute atomic E-state index is 13.1. The zero-order chi connectivity index (χ0) is 22.7. The van der Waals surface area contributed by atoms with Crippen molar-refractivity contribution < 1.29 is 19.2 Å². The van der Waals surface area contributed by atoms with E-state index in [-0.39, 0.29) is 42.0 Å². The molecule has 3 unspecified atom stereocenters. The third-order valence-electron chi connectivity index (χ3n) is 8.08. The Balaban J connectivity index is 1.47. The summed E-state index contributed by atoms with van der Waals surface area (Å²) in [5.41, 5.74) is 6.04. The minimum atomic E-state index is -0.579. The second-order valence-electron chi connectivity index (χ2n) is 10.2. The molecule has 7 nitrogen and oxygen atoms in total. The fourth-order valence-corrected chi connectivity index (χ4v) is 7.05. The average molecular weight is 446 g/mol. The molecule has 1 saturated heterocycles. The number of nitrogens with zero attached hydrogens (tertiary/aromatic N) is 1. The van der Waals surface area contributed by atoms with Crippen LogP contribution in [0.1, 0.15) is 74.2 Å². The number of carbonyl (C=O) groups excluding carboxylic acids is 4. The smallest absolute Gasteiger partial charge is 0.251 e. The lowest BCUT2D eigenvalue weighted by Gasteiger charge is -2.47. The second-order valence-corrected chi connectivity index (χ2v) is 11.3. The summed E-state index contributed by atoms with van der Waals surface area (Å²) in [5, 5.41) is 3.31. The molecule has 3 aliphatic rings. The van der Waals surface area contributed by atoms with Gasteiger partial charge in [-0.1, -0.05) is 27.7 Å². The Bertz CT molecular complexity index is 982. The van der Waals surface area contributed by atoms with Gasteiger partial charge in [0.2, 0.25) is 17.7 Å². The van der Waals surface area contributed by atoms with Gasteiger partial charge in [-0.05, 0) is 49.0 Å². The number of nitrogens with two attached hydrogens (primary N) is 1. The first-order chi connectivity index (χ1) is 14.5. The summed E-state index contributed by atoms with van der Waals surface area (Å²) in [5.74, 6) is -0.857. The molecule has 4 amide bonds. The molecule has 2 heterocycles. The van der Waals surface area contributed by atoms with Crippen LogP contribution < -0.4 is 11.1 Å². The molecule has 0 aromatic carbocycles. The second kappa shape index (κ2) is 7.43. The zero-order valence-corrected chi connectivity index (χ0v) is 19.5. The third kappa shape index (κ3) is 3.30. The fraction of sp³-hybridized carbons (Fsp3) is 0.652. The Morgan fingerprint density at radius 1 is 1.23 bits per heavy atom. The predicted molar refractivity (Wildman–Crippen MR) is 119 cm³/mol. The van der Waals surface area contributed by atoms with E-state index >= 15 is 0 Å². The van der Waals surface area contributed by atoms with Crippen molar-refractivity contribution >= 4 is 40.0 Å². The van der Waals surface area contributed by atoms with Crippen LogP contribution in [0.15, 0.2) is 0 Å². The summed E-state index contributed by atoms with van der Waals surface area (Å²) in [7, 11) is 0. The highest BCUT2D eigenvalue weighted by molar-refractivity contribution is 7.17. The number of rotatable bonds is 5. The number of thiophene rings is 1. The largest absolute Gasteiger partial charge is 0.365 e. The van der Waals surface area contributed by atoms with E-state index in [0.29, 0.717) is 29.3 Å². The van der Waals surface area contributed by atoms with E-state index in [9.17, 15) is 19.2 Å². The number of primary amides is 1. The SMILES string of the molecule is CC1CCc2c(sc(NC(=O)CCN3C(=O)C4CCC(C)(C3=O)C4(C)C)c2C(N)=O)C1. The van der Waals surface area contributed by atoms with Gasteiger partial charge in [0.15, 0.2) is 0 Å². The van der Waals surface area contributed by atoms with Crippen LogP contribution in [0.25, 0.3) is 0 Å². The fourth-order valence-electron chi connectivity index (χ4n) is 5.62. The van der Waals surface area contributed by atoms with Gasteiger partial charge in [-0.15, -0.1) is 11.3 Å². The van der Waals surface area contributed by atoms with E-state index in [1.54, 1.807) is 0 Å². The van der Waals surface area contributed by atoms with Gasteiger partial charge in [-0.3, -0.25) is 24.1 Å². The number of hydrogen-bond acceptors (Lipinski definition) is 5. The first-order valence-corrected chi connectivity index (χ1v) is 11.9. The minimum absolute atomic E-state index is 0.00210. The van der Waals surface area contributed by atoms with Gasteiger partial charge in [0.25, 0.3) is 5.91 Å². The van der Waals surface area contributed by atoms with E-state index < -0.39 is 11.3 Å². The third-order valence-corrected chi connectivity index (χ3v) is 9.25. The van der Waals surface area contributed by atoms with E-state index in [0.717, 1.165) is 29.7 Å². The van der Waals surface area contributed by atoms with Crippen LogP contribution in [0.5, 0.6) is 0 Å². The molecule has 1 aromatic heterocycles. The lowest BCUT2D eigenvalue weighted by atomic mass is 9.62. The number of anilines is 1. The highest BCUT2D eigenvalue weighted by Gasteiger charge is 2.64. The normalized spacial score (nSPS) is 29.1. The zero-order valence-electron chi connectivity index (χ0n) is 18.7. The quantitative estimate of drug-likeness (QED) is 0.679. The number of nitrogens with one attached hydrogen (secondary N) is 1. The molecule has 1 saturated carbocycles. The summed E-state index contributed by atoms with van der Waals surface area (Å²) >= 11 is 1.41. The Morgan fingerprint density at radius 2 is 1.94 bits per heavy atom. The number of likely N-dealkylation sites (tertiary alicyclic amines) is 1. The lowest BCUT2D eigenvalue weighted by molar-refractivity contribution is -0.167. The Morgan fingerprint density at radius 3 is 2.61 bits per heavy atom. The molecule has 168 valence electrons. The molecule has 1 aromatic rings. The molecular weight excluding hydrogens is 414 g/mol. The predicted octanol–water partition coefficient (Wildman–Crippen LogP) is 3.11. The standard InChI is InChI=1S/C23H31N3O4S/c1-12-5-6-13-15(11-12)31-19(17(13)18(24)28)25-16(27)8-10-26-20(29)14-7-9-23(4,21(26)30)22(14,2)3/h12,14H,5-11H2,1-4H3,(H2,24,28)(H,25,27). The van der Waals surface area contributed by atoms with Crippen molar-refractivity contribution in [1.29, 1.82) is 0 Å². The molecule has 2 aliphatic carbocycles. The Kier molecular flexibility index (Phi) is 5.27. The maximum atomic E-state index is 13.1. The van der Waals surface area contributed by atoms with Crippen LogP contribution in [-0.4, -0.2) is 35.1 Å². The molecule has 8 heteroatoms. The summed E-state index contributed by atoms with van der Waals surface area (Å²) in [6.07, 6.45) is 4.05. The van der Waals surface area contributed by atoms with Crippen molar-refractivity contribution in [3.63, 3.8) is 0 Å². The number of fused-ring (bicyclic) bond motifs is 3. The number of amides is 4. The number of hydrogen-bond donors (Lipinski definition) is 2. The molecular formula is C23H31N3O4S. The van der Waals surface area contributed by atoms with Crippen molar-refractivity contribution in [2.75, 3.05) is 11.9 Å². The summed E-state index contributed by atoms with van der Waals surface area (Å²) in [6.45, 7) is 8.15. The van der Waals surface area contributed by atoms with E-state index in [1.807, 2.05) is 20.8 Å². The van der Waals surface area contributed by atoms with Crippen LogP contribution in [0.4, 0.5) is 5.00 Å². The molecule has 1 aliphatic heterocycles. The first-order valence-electron chi connectivity index (χ1n) is 11.1. The van der Waals surface area contributed by atoms with Crippen LogP contribution in [0.2, 0.25) is 0 Å². The monoisotopic (exact) mass is 445 g/mol. The summed E-state index contributed by atoms with van der Waals surface area (Å²) in [4.78, 5) is 53.2. The molecule has 0 spiro atoms. The van der Waals surface area contributed by atoms with E-state index in [4.69, 9.17) is 5.73 Å². The van der Waals surface area contributed by atoms with Gasteiger partial charge < -0.3 is 11.1 Å². The molecule has 3 atom stereocenters. The maximum Gasteiger partial charge on any atom is 0.251 e. The van der Waals surface area contributed by atoms with Crippen molar-refractivity contribution in [2.45, 2.75) is 66.2 Å². The molecule has 0 radical (unpaired) electrons. The van der Waals surface area contributed by atoms with Crippen LogP contribution in [-0.2, 0) is 27.2 Å². The van der Waals surface area contributed by atoms with Crippen molar-refractivity contribution in [2.24, 2.45) is 28.4 Å². The average Bonchev–Trinajstić information content (AvgIpc) is 3.11. The van der Waals surface area contributed by atoms with E-state index in [2.05, 4.69) is 12.2 Å². The van der Waals surface area contributed by atoms with Gasteiger partial charge in [0.05, 0.1) is 11.0 Å². The number of piperidine rings is 1. The van der Waals surface area contributed by atoms with Crippen molar-refractivity contribution in [1.82, 2.24) is 4.90 Å². The van der Waals surface area contributed by atoms with Gasteiger partial charge in [0.1, 0.15) is 5.00 Å². The Hall–Kier alpha value is -2.22. The topological polar surface area (TPSA) is 110 Å². The van der Waals surface area contributed by atoms with Crippen molar-refractivity contribution in [3.05, 3.63) is 16.0 Å². The van der Waals surface area contributed by atoms with Gasteiger partial charge in [-0.2, -0.15) is 0 Å². The highest BCUT2D eigenvalue weighted by atomic mass is 32.1. The first kappa shape index (κ1) is 22.0. The van der Waals surface area contributed by atoms with E-state index in [1.165, 1.54) is 16.2 Å². The molecule has 2 bridgehead atoms. The number of carbonyl (C=O) groups is 4. The Labute approximate surface area is 186 Å². The van der Waals surface area contributed by atoms with Crippen LogP contribution >= 0.6 is 11.3 Å². The number of imide groups is 1. The molecule has 3 N–H and O–H groups in total. The van der Waals surface area contributed by atoms with Crippen LogP contribution in [0, 0.1) is 22.7 Å². The summed E-state index contributed by atoms with van der Waals surface area (Å²) in [6, 6.07) is 0. The minimum Gasteiger partial charge on any atom is -0.365 e. The molecule has 31 heavy (non-hydrogen) atoms. The molecule has 4 rings (SSSR count). The van der Waals surface area contributed by atoms with Gasteiger partial charge >= 0.3 is 0 Å². The lowest BCUT2D eigenvalue weighted by Crippen LogP contribution is -2.59. The van der Waals surface area contributed by atoms with Crippen molar-refractivity contribution in [3.8, 4) is 0 Å². The van der Waals surface area contributed by atoms with Gasteiger partial charge in [-0.25, -0.2) is 0 Å². The van der Waals surface area contributed by atoms with Crippen LogP contribution in [0.3, 0.4) is 0 Å².